The van der Waals surface area contributed by atoms with E-state index >= 15 is 0 Å². The smallest absolute Gasteiger partial charge is 0.169 e. The van der Waals surface area contributed by atoms with Gasteiger partial charge in [0.05, 0.1) is 0 Å². The lowest BCUT2D eigenvalue weighted by Crippen LogP contribution is -2.35. The fourth-order valence-corrected chi connectivity index (χ4v) is 6.27. The van der Waals surface area contributed by atoms with Crippen molar-refractivity contribution in [2.75, 3.05) is 0 Å². The zero-order valence-corrected chi connectivity index (χ0v) is 12.8. The van der Waals surface area contributed by atoms with Crippen molar-refractivity contribution in [1.29, 1.82) is 0 Å². The highest BCUT2D eigenvalue weighted by Crippen LogP contribution is 2.60. The van der Waals surface area contributed by atoms with Crippen LogP contribution in [0.4, 0.5) is 8.78 Å². The van der Waals surface area contributed by atoms with Crippen molar-refractivity contribution in [2.24, 2.45) is 0 Å². The zero-order valence-electron chi connectivity index (χ0n) is 11.9. The third-order valence-corrected chi connectivity index (χ3v) is 7.71. The second kappa shape index (κ2) is 6.37. The largest absolute Gasteiger partial charge is 0.358 e. The lowest BCUT2D eigenvalue weighted by Gasteiger charge is -2.26. The van der Waals surface area contributed by atoms with Gasteiger partial charge in [-0.05, 0) is 36.4 Å². The lowest BCUT2D eigenvalue weighted by molar-refractivity contribution is 0.245. The van der Waals surface area contributed by atoms with Gasteiger partial charge >= 0.3 is 6.17 Å². The van der Waals surface area contributed by atoms with Gasteiger partial charge in [0.2, 0.25) is 0 Å². The Labute approximate surface area is 129 Å². The van der Waals surface area contributed by atoms with Crippen molar-refractivity contribution in [2.45, 2.75) is 6.17 Å². The molecule has 0 heterocycles. The van der Waals surface area contributed by atoms with Crippen LogP contribution in [0.15, 0.2) is 91.0 Å². The van der Waals surface area contributed by atoms with Crippen LogP contribution in [-0.4, -0.2) is 6.17 Å². The molecule has 0 aliphatic carbocycles. The van der Waals surface area contributed by atoms with Gasteiger partial charge in [0.1, 0.15) is 15.9 Å². The molecule has 0 fully saturated rings. The van der Waals surface area contributed by atoms with E-state index in [1.165, 1.54) is 0 Å². The maximum Gasteiger partial charge on any atom is 0.358 e. The standard InChI is InChI=1S/C19H16F2P/c20-19(21)22(16-10-4-1-5-11-16,17-12-6-2-7-13-17)18-14-8-3-9-15-18/h1-15,19H/q+1. The summed E-state index contributed by atoms with van der Waals surface area (Å²) in [6, 6.07) is 27.5. The van der Waals surface area contributed by atoms with E-state index in [0.717, 1.165) is 0 Å². The monoisotopic (exact) mass is 313 g/mol. The van der Waals surface area contributed by atoms with Gasteiger partial charge in [0, 0.05) is 0 Å². The topological polar surface area (TPSA) is 0 Å². The summed E-state index contributed by atoms with van der Waals surface area (Å²) in [4.78, 5) is 0. The molecule has 0 unspecified atom stereocenters. The van der Waals surface area contributed by atoms with Gasteiger partial charge in [-0.25, -0.2) is 0 Å². The normalized spacial score (nSPS) is 11.6. The zero-order chi connectivity index (χ0) is 15.4. The first-order valence-corrected chi connectivity index (χ1v) is 8.96. The van der Waals surface area contributed by atoms with E-state index in [1.807, 2.05) is 91.0 Å². The minimum Gasteiger partial charge on any atom is -0.169 e. The fraction of sp³-hybridized carbons (Fsp3) is 0.0526. The van der Waals surface area contributed by atoms with Crippen LogP contribution in [0.1, 0.15) is 0 Å². The predicted molar refractivity (Wildman–Crippen MR) is 91.2 cm³/mol. The Balaban J connectivity index is 2.34. The molecule has 22 heavy (non-hydrogen) atoms. The molecular formula is C19H16F2P+. The minimum absolute atomic E-state index is 0.711. The van der Waals surface area contributed by atoms with E-state index in [-0.39, 0.29) is 0 Å². The summed E-state index contributed by atoms with van der Waals surface area (Å²) in [6.45, 7) is 0. The van der Waals surface area contributed by atoms with Gasteiger partial charge < -0.3 is 0 Å². The highest BCUT2D eigenvalue weighted by Gasteiger charge is 2.54. The van der Waals surface area contributed by atoms with Crippen LogP contribution >= 0.6 is 7.26 Å². The minimum atomic E-state index is -2.96. The molecule has 0 bridgehead atoms. The van der Waals surface area contributed by atoms with Gasteiger partial charge in [-0.1, -0.05) is 54.6 Å². The van der Waals surface area contributed by atoms with Gasteiger partial charge in [-0.2, -0.15) is 8.78 Å². The summed E-state index contributed by atoms with van der Waals surface area (Å²) in [5.74, 6) is 0. The van der Waals surface area contributed by atoms with E-state index in [1.54, 1.807) is 0 Å². The summed E-state index contributed by atoms with van der Waals surface area (Å²) in [5, 5.41) is 2.13. The number of rotatable bonds is 4. The Morgan fingerprint density at radius 1 is 0.500 bits per heavy atom. The molecule has 0 saturated carbocycles. The summed E-state index contributed by atoms with van der Waals surface area (Å²) in [5.41, 5.74) is 0. The number of hydrogen-bond donors (Lipinski definition) is 0. The Morgan fingerprint density at radius 2 is 0.773 bits per heavy atom. The van der Waals surface area contributed by atoms with Crippen LogP contribution in [0.2, 0.25) is 0 Å². The average molecular weight is 313 g/mol. The number of hydrogen-bond acceptors (Lipinski definition) is 0. The molecule has 0 aliphatic heterocycles. The van der Waals surface area contributed by atoms with E-state index in [0.29, 0.717) is 15.9 Å². The molecule has 0 aliphatic rings. The van der Waals surface area contributed by atoms with E-state index < -0.39 is 13.4 Å². The third kappa shape index (κ3) is 2.44. The highest BCUT2D eigenvalue weighted by molar-refractivity contribution is 7.96. The van der Waals surface area contributed by atoms with Crippen LogP contribution in [0.25, 0.3) is 0 Å². The SMILES string of the molecule is FC(F)[P+](c1ccccc1)(c1ccccc1)c1ccccc1. The Morgan fingerprint density at radius 3 is 1.00 bits per heavy atom. The molecule has 0 aromatic heterocycles. The number of benzene rings is 3. The quantitative estimate of drug-likeness (QED) is 0.633. The molecule has 110 valence electrons. The molecule has 0 nitrogen and oxygen atoms in total. The third-order valence-electron chi connectivity index (χ3n) is 3.78. The van der Waals surface area contributed by atoms with Crippen molar-refractivity contribution in [3.63, 3.8) is 0 Å². The second-order valence-corrected chi connectivity index (χ2v) is 8.39. The van der Waals surface area contributed by atoms with E-state index in [9.17, 15) is 8.78 Å². The van der Waals surface area contributed by atoms with Gasteiger partial charge in [-0.15, -0.1) is 0 Å². The summed E-state index contributed by atoms with van der Waals surface area (Å²) < 4.78 is 28.9. The summed E-state index contributed by atoms with van der Waals surface area (Å²) >= 11 is 0. The van der Waals surface area contributed by atoms with Crippen molar-refractivity contribution in [3.05, 3.63) is 91.0 Å². The van der Waals surface area contributed by atoms with E-state index in [2.05, 4.69) is 0 Å². The van der Waals surface area contributed by atoms with Gasteiger partial charge in [-0.3, -0.25) is 0 Å². The average Bonchev–Trinajstić information content (AvgIpc) is 2.58. The van der Waals surface area contributed by atoms with Crippen LogP contribution in [0.3, 0.4) is 0 Å². The molecular weight excluding hydrogens is 297 g/mol. The summed E-state index contributed by atoms with van der Waals surface area (Å²) in [7, 11) is -2.96. The maximum absolute atomic E-state index is 14.5. The first kappa shape index (κ1) is 14.9. The van der Waals surface area contributed by atoms with Crippen LogP contribution in [0.5, 0.6) is 0 Å². The first-order chi connectivity index (χ1) is 10.8. The Bertz CT molecular complexity index is 616. The van der Waals surface area contributed by atoms with E-state index in [4.69, 9.17) is 0 Å². The first-order valence-electron chi connectivity index (χ1n) is 7.10. The van der Waals surface area contributed by atoms with Gasteiger partial charge in [0.15, 0.2) is 7.26 Å². The molecule has 0 N–H and O–H groups in total. The van der Waals surface area contributed by atoms with Crippen molar-refractivity contribution >= 4 is 23.2 Å². The molecule has 0 spiro atoms. The van der Waals surface area contributed by atoms with Crippen molar-refractivity contribution in [3.8, 4) is 0 Å². The summed E-state index contributed by atoms with van der Waals surface area (Å²) in [6.07, 6.45) is -2.44. The molecule has 3 rings (SSSR count). The Kier molecular flexibility index (Phi) is 4.31. The van der Waals surface area contributed by atoms with Crippen LogP contribution in [0, 0.1) is 0 Å². The maximum atomic E-state index is 14.5. The van der Waals surface area contributed by atoms with Gasteiger partial charge in [0.25, 0.3) is 0 Å². The van der Waals surface area contributed by atoms with Crippen LogP contribution < -0.4 is 15.9 Å². The Hall–Kier alpha value is -2.05. The molecule has 0 saturated heterocycles. The fourth-order valence-electron chi connectivity index (χ4n) is 2.77. The highest BCUT2D eigenvalue weighted by atomic mass is 31.2. The molecule has 0 amide bonds. The lowest BCUT2D eigenvalue weighted by atomic mass is 10.4. The van der Waals surface area contributed by atoms with Crippen LogP contribution in [-0.2, 0) is 0 Å². The molecule has 0 radical (unpaired) electrons. The molecule has 3 aromatic rings. The van der Waals surface area contributed by atoms with Crippen molar-refractivity contribution < 1.29 is 8.78 Å². The van der Waals surface area contributed by atoms with Crippen molar-refractivity contribution in [1.82, 2.24) is 0 Å². The predicted octanol–water partition coefficient (Wildman–Crippen LogP) is 4.20. The molecule has 3 aromatic carbocycles. The molecule has 3 heteroatoms. The number of alkyl halides is 2. The molecule has 0 atom stereocenters. The number of halogens is 2. The second-order valence-electron chi connectivity index (χ2n) is 5.01.